The third kappa shape index (κ3) is 2.01. The second-order valence-electron chi connectivity index (χ2n) is 3.57. The van der Waals surface area contributed by atoms with Crippen molar-refractivity contribution in [1.82, 2.24) is 9.97 Å². The van der Waals surface area contributed by atoms with Crippen LogP contribution in [0.2, 0.25) is 0 Å². The minimum absolute atomic E-state index is 0.187. The first-order valence-corrected chi connectivity index (χ1v) is 6.88. The summed E-state index contributed by atoms with van der Waals surface area (Å²) < 4.78 is 60.0. The fourth-order valence-electron chi connectivity index (χ4n) is 1.46. The van der Waals surface area contributed by atoms with Gasteiger partial charge in [-0.1, -0.05) is 0 Å². The number of nitrogens with one attached hydrogen (secondary N) is 1. The maximum Gasteiger partial charge on any atom is 0.501 e. The number of halogens is 4. The monoisotopic (exact) mass is 342 g/mol. The lowest BCUT2D eigenvalue weighted by Crippen LogP contribution is -2.23. The Labute approximate surface area is 108 Å². The lowest BCUT2D eigenvalue weighted by atomic mass is 10.3. The van der Waals surface area contributed by atoms with Crippen LogP contribution in [0.1, 0.15) is 5.82 Å². The molecule has 0 radical (unpaired) electrons. The largest absolute Gasteiger partial charge is 0.501 e. The summed E-state index contributed by atoms with van der Waals surface area (Å²) in [4.78, 5) is 5.89. The van der Waals surface area contributed by atoms with Crippen molar-refractivity contribution in [2.45, 2.75) is 17.3 Å². The summed E-state index contributed by atoms with van der Waals surface area (Å²) >= 11 is 3.01. The number of rotatable bonds is 1. The van der Waals surface area contributed by atoms with Crippen LogP contribution in [-0.2, 0) is 9.84 Å². The van der Waals surface area contributed by atoms with Crippen LogP contribution in [0.15, 0.2) is 21.5 Å². The Morgan fingerprint density at radius 1 is 1.33 bits per heavy atom. The molecule has 0 atom stereocenters. The summed E-state index contributed by atoms with van der Waals surface area (Å²) in [6.07, 6.45) is 0. The van der Waals surface area contributed by atoms with Gasteiger partial charge in [-0.25, -0.2) is 13.4 Å². The molecule has 1 aromatic carbocycles. The van der Waals surface area contributed by atoms with Gasteiger partial charge in [0.1, 0.15) is 11.3 Å². The number of benzene rings is 1. The topological polar surface area (TPSA) is 62.8 Å². The van der Waals surface area contributed by atoms with Crippen molar-refractivity contribution in [2.24, 2.45) is 0 Å². The van der Waals surface area contributed by atoms with E-state index < -0.39 is 20.2 Å². The first-order valence-electron chi connectivity index (χ1n) is 4.60. The number of aryl methyl sites for hydroxylation is 1. The molecule has 18 heavy (non-hydrogen) atoms. The summed E-state index contributed by atoms with van der Waals surface area (Å²) in [7, 11) is -5.36. The van der Waals surface area contributed by atoms with Crippen LogP contribution in [0.5, 0.6) is 0 Å². The summed E-state index contributed by atoms with van der Waals surface area (Å²) in [5, 5.41) is 0. The van der Waals surface area contributed by atoms with Crippen molar-refractivity contribution in [2.75, 3.05) is 0 Å². The molecule has 0 saturated carbocycles. The van der Waals surface area contributed by atoms with Crippen LogP contribution in [0, 0.1) is 6.92 Å². The van der Waals surface area contributed by atoms with Gasteiger partial charge in [0.05, 0.1) is 10.4 Å². The van der Waals surface area contributed by atoms with Crippen molar-refractivity contribution in [1.29, 1.82) is 0 Å². The SMILES string of the molecule is Cc1nc2c(Br)cc(S(=O)(=O)C(F)(F)F)cc2[nH]1. The molecule has 0 amide bonds. The van der Waals surface area contributed by atoms with Gasteiger partial charge in [-0.05, 0) is 35.0 Å². The fraction of sp³-hybridized carbons (Fsp3) is 0.222. The summed E-state index contributed by atoms with van der Waals surface area (Å²) in [5.41, 5.74) is -4.71. The zero-order valence-electron chi connectivity index (χ0n) is 8.84. The van der Waals surface area contributed by atoms with Gasteiger partial charge in [0.2, 0.25) is 0 Å². The van der Waals surface area contributed by atoms with E-state index in [1.165, 1.54) is 0 Å². The molecule has 0 saturated heterocycles. The first kappa shape index (κ1) is 13.3. The number of alkyl halides is 3. The Hall–Kier alpha value is -1.09. The zero-order valence-corrected chi connectivity index (χ0v) is 11.2. The van der Waals surface area contributed by atoms with Crippen LogP contribution in [-0.4, -0.2) is 23.9 Å². The standard InChI is InChI=1S/C9H6BrF3N2O2S/c1-4-14-7-3-5(2-6(10)8(7)15-4)18(16,17)9(11,12)13/h2-3H,1H3,(H,14,15). The van der Waals surface area contributed by atoms with Crippen molar-refractivity contribution in [3.05, 3.63) is 22.4 Å². The number of nitrogens with zero attached hydrogens (tertiary/aromatic N) is 1. The average molecular weight is 343 g/mol. The Bertz CT molecular complexity index is 721. The van der Waals surface area contributed by atoms with E-state index >= 15 is 0 Å². The molecular weight excluding hydrogens is 337 g/mol. The normalized spacial score (nSPS) is 13.2. The molecule has 0 fully saturated rings. The van der Waals surface area contributed by atoms with E-state index in [1.807, 2.05) is 0 Å². The molecule has 1 aromatic heterocycles. The maximum atomic E-state index is 12.4. The van der Waals surface area contributed by atoms with Gasteiger partial charge in [-0.15, -0.1) is 0 Å². The molecule has 2 rings (SSSR count). The minimum atomic E-state index is -5.36. The predicted octanol–water partition coefficient (Wildman–Crippen LogP) is 2.93. The highest BCUT2D eigenvalue weighted by atomic mass is 79.9. The van der Waals surface area contributed by atoms with Crippen LogP contribution in [0.25, 0.3) is 11.0 Å². The Kier molecular flexibility index (Phi) is 2.93. The number of imidazole rings is 1. The first-order chi connectivity index (χ1) is 8.13. The predicted molar refractivity (Wildman–Crippen MR) is 61.8 cm³/mol. The molecule has 0 bridgehead atoms. The van der Waals surface area contributed by atoms with Crippen molar-refractivity contribution < 1.29 is 21.6 Å². The molecule has 0 aliphatic heterocycles. The molecule has 2 aromatic rings. The highest BCUT2D eigenvalue weighted by Gasteiger charge is 2.47. The number of hydrogen-bond donors (Lipinski definition) is 1. The molecule has 4 nitrogen and oxygen atoms in total. The van der Waals surface area contributed by atoms with Crippen molar-refractivity contribution in [3.8, 4) is 0 Å². The van der Waals surface area contributed by atoms with Gasteiger partial charge in [0, 0.05) is 4.47 Å². The smallest absolute Gasteiger partial charge is 0.342 e. The third-order valence-electron chi connectivity index (χ3n) is 2.25. The van der Waals surface area contributed by atoms with Gasteiger partial charge in [-0.3, -0.25) is 0 Å². The Balaban J connectivity index is 2.75. The lowest BCUT2D eigenvalue weighted by molar-refractivity contribution is -0.0435. The number of aromatic amines is 1. The molecule has 1 N–H and O–H groups in total. The average Bonchev–Trinajstić information content (AvgIpc) is 2.57. The van der Waals surface area contributed by atoms with E-state index in [4.69, 9.17) is 0 Å². The molecule has 0 spiro atoms. The highest BCUT2D eigenvalue weighted by Crippen LogP contribution is 2.34. The second-order valence-corrected chi connectivity index (χ2v) is 6.37. The van der Waals surface area contributed by atoms with E-state index in [9.17, 15) is 21.6 Å². The van der Waals surface area contributed by atoms with Crippen molar-refractivity contribution in [3.63, 3.8) is 0 Å². The number of aromatic nitrogens is 2. The number of sulfone groups is 1. The molecule has 9 heteroatoms. The number of hydrogen-bond acceptors (Lipinski definition) is 3. The number of fused-ring (bicyclic) bond motifs is 1. The fourth-order valence-corrected chi connectivity index (χ4v) is 2.98. The second kappa shape index (κ2) is 3.95. The van der Waals surface area contributed by atoms with Gasteiger partial charge in [0.25, 0.3) is 9.84 Å². The van der Waals surface area contributed by atoms with Crippen molar-refractivity contribution >= 4 is 36.8 Å². The van der Waals surface area contributed by atoms with Gasteiger partial charge in [-0.2, -0.15) is 13.2 Å². The third-order valence-corrected chi connectivity index (χ3v) is 4.32. The Morgan fingerprint density at radius 3 is 2.50 bits per heavy atom. The molecular formula is C9H6BrF3N2O2S. The van der Waals surface area contributed by atoms with Crippen LogP contribution in [0.4, 0.5) is 13.2 Å². The van der Waals surface area contributed by atoms with Gasteiger partial charge < -0.3 is 4.98 Å². The van der Waals surface area contributed by atoms with Gasteiger partial charge in [0.15, 0.2) is 0 Å². The maximum absolute atomic E-state index is 12.4. The van der Waals surface area contributed by atoms with E-state index in [-0.39, 0.29) is 9.99 Å². The highest BCUT2D eigenvalue weighted by molar-refractivity contribution is 9.10. The van der Waals surface area contributed by atoms with E-state index in [0.717, 1.165) is 12.1 Å². The van der Waals surface area contributed by atoms with E-state index in [1.54, 1.807) is 6.92 Å². The van der Waals surface area contributed by atoms with E-state index in [0.29, 0.717) is 11.3 Å². The molecule has 0 aliphatic rings. The summed E-state index contributed by atoms with van der Waals surface area (Å²) in [6.45, 7) is 1.62. The number of H-pyrrole nitrogens is 1. The van der Waals surface area contributed by atoms with Crippen LogP contribution in [0.3, 0.4) is 0 Å². The molecule has 1 heterocycles. The minimum Gasteiger partial charge on any atom is -0.342 e. The lowest BCUT2D eigenvalue weighted by Gasteiger charge is -2.08. The molecule has 0 aliphatic carbocycles. The zero-order chi connectivity index (χ0) is 13.7. The van der Waals surface area contributed by atoms with E-state index in [2.05, 4.69) is 25.9 Å². The van der Waals surface area contributed by atoms with Crippen LogP contribution < -0.4 is 0 Å². The van der Waals surface area contributed by atoms with Gasteiger partial charge >= 0.3 is 5.51 Å². The molecule has 0 unspecified atom stereocenters. The summed E-state index contributed by atoms with van der Waals surface area (Å²) in [5.74, 6) is 0.479. The Morgan fingerprint density at radius 2 is 1.94 bits per heavy atom. The molecule has 98 valence electrons. The van der Waals surface area contributed by atoms with Crippen LogP contribution >= 0.6 is 15.9 Å². The quantitative estimate of drug-likeness (QED) is 0.866. The summed E-state index contributed by atoms with van der Waals surface area (Å²) in [6, 6.07) is 1.81.